The molecule has 2 aromatic carbocycles. The third kappa shape index (κ3) is 5.42. The lowest BCUT2D eigenvalue weighted by Gasteiger charge is -2.11. The first kappa shape index (κ1) is 21.6. The molecule has 1 amide bonds. The molecule has 9 nitrogen and oxygen atoms in total. The lowest BCUT2D eigenvalue weighted by Crippen LogP contribution is -2.24. The molecular weight excluding hydrogens is 502 g/mol. The molecular formula is C17H15Br2N3O6. The molecule has 0 saturated carbocycles. The first-order chi connectivity index (χ1) is 13.3. The normalized spacial score (nSPS) is 10.7. The fourth-order valence-corrected chi connectivity index (χ4v) is 2.88. The molecule has 0 aromatic heterocycles. The zero-order chi connectivity index (χ0) is 20.7. The number of phenols is 1. The van der Waals surface area contributed by atoms with Crippen LogP contribution in [-0.2, 0) is 4.79 Å². The summed E-state index contributed by atoms with van der Waals surface area (Å²) in [5.41, 5.74) is 2.56. The standard InChI is InChI=1S/C17H15Br2N3O6/c1-2-27-13-7-10(15(18)16(19)17(13)24)8-20-21-14(23)9-28-12-6-4-3-5-11(12)22(25)26/h3-8,24H,2,9H2,1H3,(H,21,23)/b20-8+. The number of halogens is 2. The van der Waals surface area contributed by atoms with Crippen molar-refractivity contribution >= 4 is 49.7 Å². The quantitative estimate of drug-likeness (QED) is 0.313. The van der Waals surface area contributed by atoms with E-state index in [4.69, 9.17) is 9.47 Å². The van der Waals surface area contributed by atoms with E-state index in [9.17, 15) is 20.0 Å². The Morgan fingerprint density at radius 1 is 1.29 bits per heavy atom. The van der Waals surface area contributed by atoms with Gasteiger partial charge in [-0.3, -0.25) is 14.9 Å². The Kier molecular flexibility index (Phi) is 7.76. The predicted octanol–water partition coefficient (Wildman–Crippen LogP) is 3.75. The summed E-state index contributed by atoms with van der Waals surface area (Å²) in [6.45, 7) is 1.69. The van der Waals surface area contributed by atoms with E-state index >= 15 is 0 Å². The number of carbonyl (C=O) groups is 1. The third-order valence-electron chi connectivity index (χ3n) is 3.29. The van der Waals surface area contributed by atoms with Crippen LogP contribution in [0.3, 0.4) is 0 Å². The lowest BCUT2D eigenvalue weighted by atomic mass is 10.2. The van der Waals surface area contributed by atoms with Gasteiger partial charge in [-0.15, -0.1) is 0 Å². The molecule has 0 unspecified atom stereocenters. The largest absolute Gasteiger partial charge is 0.503 e. The van der Waals surface area contributed by atoms with E-state index in [0.29, 0.717) is 21.1 Å². The minimum atomic E-state index is -0.603. The van der Waals surface area contributed by atoms with Gasteiger partial charge in [-0.1, -0.05) is 12.1 Å². The highest BCUT2D eigenvalue weighted by Gasteiger charge is 2.16. The third-order valence-corrected chi connectivity index (χ3v) is 5.45. The number of ether oxygens (including phenoxy) is 2. The molecule has 0 radical (unpaired) electrons. The smallest absolute Gasteiger partial charge is 0.310 e. The van der Waals surface area contributed by atoms with E-state index in [-0.39, 0.29) is 22.9 Å². The van der Waals surface area contributed by atoms with E-state index in [2.05, 4.69) is 42.4 Å². The van der Waals surface area contributed by atoms with Crippen LogP contribution in [0, 0.1) is 10.1 Å². The number of rotatable bonds is 8. The van der Waals surface area contributed by atoms with Crippen molar-refractivity contribution in [3.63, 3.8) is 0 Å². The monoisotopic (exact) mass is 515 g/mol. The SMILES string of the molecule is CCOc1cc(/C=N/NC(=O)COc2ccccc2[N+](=O)[O-])c(Br)c(Br)c1O. The number of nitrogens with zero attached hydrogens (tertiary/aromatic N) is 2. The van der Waals surface area contributed by atoms with Gasteiger partial charge < -0.3 is 14.6 Å². The highest BCUT2D eigenvalue weighted by Crippen LogP contribution is 2.41. The van der Waals surface area contributed by atoms with Crippen LogP contribution in [0.15, 0.2) is 44.4 Å². The average Bonchev–Trinajstić information content (AvgIpc) is 2.68. The zero-order valence-electron chi connectivity index (χ0n) is 14.5. The van der Waals surface area contributed by atoms with Gasteiger partial charge in [0.05, 0.1) is 22.2 Å². The molecule has 28 heavy (non-hydrogen) atoms. The molecule has 0 spiro atoms. The molecule has 0 saturated heterocycles. The predicted molar refractivity (Wildman–Crippen MR) is 109 cm³/mol. The molecule has 148 valence electrons. The van der Waals surface area contributed by atoms with Gasteiger partial charge in [-0.05, 0) is 50.9 Å². The summed E-state index contributed by atoms with van der Waals surface area (Å²) in [5, 5.41) is 24.7. The summed E-state index contributed by atoms with van der Waals surface area (Å²) in [6, 6.07) is 7.29. The molecule has 11 heteroatoms. The maximum atomic E-state index is 11.9. The summed E-state index contributed by atoms with van der Waals surface area (Å²) in [7, 11) is 0. The first-order valence-corrected chi connectivity index (χ1v) is 9.45. The van der Waals surface area contributed by atoms with Crippen molar-refractivity contribution in [2.24, 2.45) is 5.10 Å². The van der Waals surface area contributed by atoms with Crippen LogP contribution in [0.25, 0.3) is 0 Å². The molecule has 0 aliphatic carbocycles. The molecule has 0 aliphatic heterocycles. The Labute approximate surface area is 176 Å². The number of para-hydroxylation sites is 2. The Hall–Kier alpha value is -2.66. The number of hydrogen-bond donors (Lipinski definition) is 2. The molecule has 0 aliphatic rings. The highest BCUT2D eigenvalue weighted by molar-refractivity contribution is 9.13. The average molecular weight is 517 g/mol. The highest BCUT2D eigenvalue weighted by atomic mass is 79.9. The summed E-state index contributed by atoms with van der Waals surface area (Å²) >= 11 is 6.55. The number of hydrazone groups is 1. The van der Waals surface area contributed by atoms with Crippen LogP contribution in [0.2, 0.25) is 0 Å². The number of hydrogen-bond acceptors (Lipinski definition) is 7. The lowest BCUT2D eigenvalue weighted by molar-refractivity contribution is -0.385. The molecule has 0 atom stereocenters. The van der Waals surface area contributed by atoms with Gasteiger partial charge in [-0.2, -0.15) is 5.10 Å². The number of nitrogens with one attached hydrogen (secondary N) is 1. The van der Waals surface area contributed by atoms with Crippen LogP contribution < -0.4 is 14.9 Å². The molecule has 2 N–H and O–H groups in total. The second-order valence-corrected chi connectivity index (χ2v) is 6.77. The maximum Gasteiger partial charge on any atom is 0.310 e. The van der Waals surface area contributed by atoms with Crippen molar-refractivity contribution < 1.29 is 24.3 Å². The second-order valence-electron chi connectivity index (χ2n) is 5.18. The van der Waals surface area contributed by atoms with Crippen LogP contribution in [0.1, 0.15) is 12.5 Å². The Bertz CT molecular complexity index is 920. The van der Waals surface area contributed by atoms with Gasteiger partial charge in [0.1, 0.15) is 0 Å². The van der Waals surface area contributed by atoms with Crippen LogP contribution in [0.4, 0.5) is 5.69 Å². The van der Waals surface area contributed by atoms with Crippen molar-refractivity contribution in [1.82, 2.24) is 5.43 Å². The number of nitro benzene ring substituents is 1. The Morgan fingerprint density at radius 2 is 2.00 bits per heavy atom. The minimum absolute atomic E-state index is 0.0156. The van der Waals surface area contributed by atoms with Gasteiger partial charge in [-0.25, -0.2) is 5.43 Å². The molecule has 0 bridgehead atoms. The first-order valence-electron chi connectivity index (χ1n) is 7.87. The van der Waals surface area contributed by atoms with Gasteiger partial charge in [0.2, 0.25) is 0 Å². The van der Waals surface area contributed by atoms with Crippen LogP contribution in [-0.4, -0.2) is 35.4 Å². The summed E-state index contributed by atoms with van der Waals surface area (Å²) in [5.74, 6) is -0.426. The number of phenolic OH excluding ortho intramolecular Hbond substituents is 1. The topological polar surface area (TPSA) is 123 Å². The number of benzene rings is 2. The summed E-state index contributed by atoms with van der Waals surface area (Å²) in [4.78, 5) is 22.2. The van der Waals surface area contributed by atoms with E-state index in [1.807, 2.05) is 0 Å². The van der Waals surface area contributed by atoms with Crippen molar-refractivity contribution in [2.45, 2.75) is 6.92 Å². The molecule has 2 rings (SSSR count). The number of nitro groups is 1. The molecule has 0 heterocycles. The Morgan fingerprint density at radius 3 is 2.68 bits per heavy atom. The van der Waals surface area contributed by atoms with Crippen molar-refractivity contribution in [3.05, 3.63) is 55.0 Å². The second kappa shape index (κ2) is 10.0. The fourth-order valence-electron chi connectivity index (χ4n) is 2.05. The molecule has 0 fully saturated rings. The van der Waals surface area contributed by atoms with E-state index in [1.165, 1.54) is 24.4 Å². The van der Waals surface area contributed by atoms with Gasteiger partial charge in [0.15, 0.2) is 23.9 Å². The zero-order valence-corrected chi connectivity index (χ0v) is 17.7. The van der Waals surface area contributed by atoms with Gasteiger partial charge >= 0.3 is 5.69 Å². The fraction of sp³-hybridized carbons (Fsp3) is 0.176. The number of aromatic hydroxyl groups is 1. The van der Waals surface area contributed by atoms with E-state index in [1.54, 1.807) is 19.1 Å². The van der Waals surface area contributed by atoms with Crippen molar-refractivity contribution in [2.75, 3.05) is 13.2 Å². The summed E-state index contributed by atoms with van der Waals surface area (Å²) < 4.78 is 11.4. The van der Waals surface area contributed by atoms with Gasteiger partial charge in [0, 0.05) is 16.1 Å². The number of amides is 1. The Balaban J connectivity index is 2.01. The maximum absolute atomic E-state index is 11.9. The molecule has 2 aromatic rings. The van der Waals surface area contributed by atoms with Crippen LogP contribution in [0.5, 0.6) is 17.2 Å². The minimum Gasteiger partial charge on any atom is -0.503 e. The van der Waals surface area contributed by atoms with Crippen LogP contribution >= 0.6 is 31.9 Å². The van der Waals surface area contributed by atoms with Crippen molar-refractivity contribution in [3.8, 4) is 17.2 Å². The van der Waals surface area contributed by atoms with Gasteiger partial charge in [0.25, 0.3) is 5.91 Å². The summed E-state index contributed by atoms with van der Waals surface area (Å²) in [6.07, 6.45) is 1.35. The van der Waals surface area contributed by atoms with Crippen molar-refractivity contribution in [1.29, 1.82) is 0 Å². The van der Waals surface area contributed by atoms with E-state index < -0.39 is 17.4 Å². The van der Waals surface area contributed by atoms with E-state index in [0.717, 1.165) is 0 Å². The number of carbonyl (C=O) groups excluding carboxylic acids is 1.